The Kier molecular flexibility index (Phi) is 7.48. The molecule has 1 aromatic heterocycles. The van der Waals surface area contributed by atoms with Crippen LogP contribution in [0.4, 0.5) is 5.82 Å². The van der Waals surface area contributed by atoms with E-state index in [-0.39, 0.29) is 18.0 Å². The van der Waals surface area contributed by atoms with Crippen molar-refractivity contribution < 1.29 is 4.79 Å². The topological polar surface area (TPSA) is 81.7 Å². The average molecular weight is 334 g/mol. The number of aliphatic imine (C=N–C) groups is 1. The van der Waals surface area contributed by atoms with Crippen molar-refractivity contribution in [1.82, 2.24) is 20.9 Å². The molecule has 0 radical (unpaired) electrons. The SMILES string of the molecule is CCNC(=NCc1cccc(N(C)C)n1)NCC(=O)NC(C)(C)C. The van der Waals surface area contributed by atoms with Gasteiger partial charge in [0.05, 0.1) is 18.8 Å². The third-order valence-corrected chi connectivity index (χ3v) is 2.92. The number of aromatic nitrogens is 1. The molecule has 1 heterocycles. The first-order valence-corrected chi connectivity index (χ1v) is 8.17. The molecule has 0 unspecified atom stereocenters. The first-order valence-electron chi connectivity index (χ1n) is 8.17. The standard InChI is InChI=1S/C17H30N6O/c1-7-18-16(20-12-15(24)22-17(2,3)4)19-11-13-9-8-10-14(21-13)23(5)6/h8-10H,7,11-12H2,1-6H3,(H,22,24)(H2,18,19,20). The van der Waals surface area contributed by atoms with Gasteiger partial charge in [0, 0.05) is 26.2 Å². The van der Waals surface area contributed by atoms with Gasteiger partial charge in [0.15, 0.2) is 5.96 Å². The lowest BCUT2D eigenvalue weighted by Crippen LogP contribution is -2.48. The molecule has 0 aromatic carbocycles. The van der Waals surface area contributed by atoms with Crippen molar-refractivity contribution >= 4 is 17.7 Å². The van der Waals surface area contributed by atoms with E-state index in [4.69, 9.17) is 0 Å². The van der Waals surface area contributed by atoms with Crippen LogP contribution in [0.5, 0.6) is 0 Å². The number of rotatable bonds is 6. The first kappa shape index (κ1) is 19.7. The van der Waals surface area contributed by atoms with Crippen molar-refractivity contribution in [1.29, 1.82) is 0 Å². The number of nitrogens with zero attached hydrogens (tertiary/aromatic N) is 3. The monoisotopic (exact) mass is 334 g/mol. The smallest absolute Gasteiger partial charge is 0.239 e. The van der Waals surface area contributed by atoms with Gasteiger partial charge in [-0.25, -0.2) is 9.98 Å². The van der Waals surface area contributed by atoms with Crippen LogP contribution in [0.1, 0.15) is 33.4 Å². The predicted molar refractivity (Wildman–Crippen MR) is 99.3 cm³/mol. The van der Waals surface area contributed by atoms with Crippen LogP contribution in [0.15, 0.2) is 23.2 Å². The predicted octanol–water partition coefficient (Wildman–Crippen LogP) is 1.12. The number of nitrogens with one attached hydrogen (secondary N) is 3. The second-order valence-electron chi connectivity index (χ2n) is 6.73. The number of hydrogen-bond acceptors (Lipinski definition) is 4. The Morgan fingerprint density at radius 1 is 1.25 bits per heavy atom. The molecule has 24 heavy (non-hydrogen) atoms. The summed E-state index contributed by atoms with van der Waals surface area (Å²) in [5.74, 6) is 1.42. The fourth-order valence-electron chi connectivity index (χ4n) is 1.93. The maximum Gasteiger partial charge on any atom is 0.239 e. The largest absolute Gasteiger partial charge is 0.363 e. The van der Waals surface area contributed by atoms with E-state index < -0.39 is 0 Å². The molecule has 0 fully saturated rings. The fourth-order valence-corrected chi connectivity index (χ4v) is 1.93. The molecule has 1 amide bonds. The van der Waals surface area contributed by atoms with Crippen molar-refractivity contribution in [2.24, 2.45) is 4.99 Å². The summed E-state index contributed by atoms with van der Waals surface area (Å²) in [6.07, 6.45) is 0. The van der Waals surface area contributed by atoms with E-state index in [0.29, 0.717) is 12.5 Å². The highest BCUT2D eigenvalue weighted by Crippen LogP contribution is 2.08. The van der Waals surface area contributed by atoms with Gasteiger partial charge in [0.1, 0.15) is 5.82 Å². The van der Waals surface area contributed by atoms with Crippen LogP contribution in [0, 0.1) is 0 Å². The Bertz CT molecular complexity index is 562. The van der Waals surface area contributed by atoms with Gasteiger partial charge in [0.25, 0.3) is 0 Å². The number of carbonyl (C=O) groups is 1. The summed E-state index contributed by atoms with van der Waals surface area (Å²) in [6.45, 7) is 9.18. The Hall–Kier alpha value is -2.31. The minimum absolute atomic E-state index is 0.0687. The molecular weight excluding hydrogens is 304 g/mol. The molecule has 134 valence electrons. The van der Waals surface area contributed by atoms with E-state index in [1.165, 1.54) is 0 Å². The van der Waals surface area contributed by atoms with E-state index in [0.717, 1.165) is 18.1 Å². The highest BCUT2D eigenvalue weighted by molar-refractivity contribution is 5.86. The number of anilines is 1. The van der Waals surface area contributed by atoms with Gasteiger partial charge < -0.3 is 20.9 Å². The molecule has 1 rings (SSSR count). The lowest BCUT2D eigenvalue weighted by molar-refractivity contribution is -0.121. The van der Waals surface area contributed by atoms with Gasteiger partial charge in [-0.1, -0.05) is 6.07 Å². The van der Waals surface area contributed by atoms with Gasteiger partial charge in [-0.3, -0.25) is 4.79 Å². The van der Waals surface area contributed by atoms with Crippen molar-refractivity contribution in [2.75, 3.05) is 32.1 Å². The zero-order chi connectivity index (χ0) is 18.2. The van der Waals surface area contributed by atoms with Crippen molar-refractivity contribution in [3.05, 3.63) is 23.9 Å². The molecule has 0 aliphatic heterocycles. The molecule has 1 aromatic rings. The molecular formula is C17H30N6O. The van der Waals surface area contributed by atoms with E-state index >= 15 is 0 Å². The summed E-state index contributed by atoms with van der Waals surface area (Å²) in [5, 5.41) is 9.08. The fraction of sp³-hybridized carbons (Fsp3) is 0.588. The first-order chi connectivity index (χ1) is 11.2. The van der Waals surface area contributed by atoms with Crippen molar-refractivity contribution in [2.45, 2.75) is 39.8 Å². The highest BCUT2D eigenvalue weighted by atomic mass is 16.2. The van der Waals surface area contributed by atoms with E-state index in [1.807, 2.05) is 64.9 Å². The van der Waals surface area contributed by atoms with Gasteiger partial charge in [0.2, 0.25) is 5.91 Å². The van der Waals surface area contributed by atoms with Crippen LogP contribution in [0.25, 0.3) is 0 Å². The molecule has 7 heteroatoms. The highest BCUT2D eigenvalue weighted by Gasteiger charge is 2.13. The summed E-state index contributed by atoms with van der Waals surface area (Å²) in [4.78, 5) is 22.9. The minimum atomic E-state index is -0.245. The lowest BCUT2D eigenvalue weighted by atomic mass is 10.1. The van der Waals surface area contributed by atoms with Gasteiger partial charge in [-0.15, -0.1) is 0 Å². The van der Waals surface area contributed by atoms with Gasteiger partial charge in [-0.05, 0) is 39.8 Å². The molecule has 0 atom stereocenters. The van der Waals surface area contributed by atoms with Gasteiger partial charge >= 0.3 is 0 Å². The summed E-state index contributed by atoms with van der Waals surface area (Å²) >= 11 is 0. The van der Waals surface area contributed by atoms with Crippen molar-refractivity contribution in [3.63, 3.8) is 0 Å². The summed E-state index contributed by atoms with van der Waals surface area (Å²) < 4.78 is 0. The third-order valence-electron chi connectivity index (χ3n) is 2.92. The number of pyridine rings is 1. The molecule has 0 spiro atoms. The summed E-state index contributed by atoms with van der Waals surface area (Å²) in [5.41, 5.74) is 0.627. The second-order valence-corrected chi connectivity index (χ2v) is 6.73. The van der Waals surface area contributed by atoms with Crippen molar-refractivity contribution in [3.8, 4) is 0 Å². The van der Waals surface area contributed by atoms with Crippen LogP contribution in [-0.4, -0.2) is 49.6 Å². The molecule has 3 N–H and O–H groups in total. The molecule has 0 saturated heterocycles. The van der Waals surface area contributed by atoms with E-state index in [9.17, 15) is 4.79 Å². The maximum atomic E-state index is 11.9. The molecule has 0 aliphatic carbocycles. The van der Waals surface area contributed by atoms with Crippen LogP contribution in [0.3, 0.4) is 0 Å². The normalized spacial score (nSPS) is 11.8. The van der Waals surface area contributed by atoms with E-state index in [2.05, 4.69) is 25.9 Å². The minimum Gasteiger partial charge on any atom is -0.363 e. The average Bonchev–Trinajstić information content (AvgIpc) is 2.48. The zero-order valence-corrected chi connectivity index (χ0v) is 15.6. The second kappa shape index (κ2) is 9.10. The van der Waals surface area contributed by atoms with Crippen LogP contribution in [-0.2, 0) is 11.3 Å². The lowest BCUT2D eigenvalue weighted by Gasteiger charge is -2.21. The van der Waals surface area contributed by atoms with E-state index in [1.54, 1.807) is 0 Å². The Morgan fingerprint density at radius 2 is 1.96 bits per heavy atom. The number of carbonyl (C=O) groups excluding carboxylic acids is 1. The Labute approximate surface area is 144 Å². The summed E-state index contributed by atoms with van der Waals surface area (Å²) in [6, 6.07) is 5.85. The molecule has 0 saturated carbocycles. The van der Waals surface area contributed by atoms with Crippen LogP contribution >= 0.6 is 0 Å². The number of hydrogen-bond donors (Lipinski definition) is 3. The molecule has 0 aliphatic rings. The molecule has 0 bridgehead atoms. The zero-order valence-electron chi connectivity index (χ0n) is 15.6. The number of guanidine groups is 1. The van der Waals surface area contributed by atoms with Crippen LogP contribution < -0.4 is 20.9 Å². The maximum absolute atomic E-state index is 11.9. The quantitative estimate of drug-likeness (QED) is 0.536. The molecule has 7 nitrogen and oxygen atoms in total. The Morgan fingerprint density at radius 3 is 2.54 bits per heavy atom. The Balaban J connectivity index is 2.65. The summed E-state index contributed by atoms with van der Waals surface area (Å²) in [7, 11) is 3.91. The third kappa shape index (κ3) is 7.80. The van der Waals surface area contributed by atoms with Crippen LogP contribution in [0.2, 0.25) is 0 Å². The number of amides is 1. The van der Waals surface area contributed by atoms with Gasteiger partial charge in [-0.2, -0.15) is 0 Å².